The van der Waals surface area contributed by atoms with Gasteiger partial charge in [0.1, 0.15) is 5.75 Å². The van der Waals surface area contributed by atoms with Gasteiger partial charge in [-0.2, -0.15) is 4.98 Å². The van der Waals surface area contributed by atoms with Gasteiger partial charge in [0.25, 0.3) is 0 Å². The first-order valence-electron chi connectivity index (χ1n) is 10.7. The largest absolute Gasteiger partial charge is 0.508 e. The molecule has 2 aliphatic heterocycles. The highest BCUT2D eigenvalue weighted by atomic mass is 16.5. The predicted octanol–water partition coefficient (Wildman–Crippen LogP) is 3.36. The van der Waals surface area contributed by atoms with E-state index in [0.717, 1.165) is 49.2 Å². The van der Waals surface area contributed by atoms with Crippen LogP contribution in [-0.4, -0.2) is 59.4 Å². The quantitative estimate of drug-likeness (QED) is 0.729. The van der Waals surface area contributed by atoms with E-state index in [1.807, 2.05) is 12.1 Å². The van der Waals surface area contributed by atoms with E-state index < -0.39 is 0 Å². The van der Waals surface area contributed by atoms with Gasteiger partial charge in [0, 0.05) is 43.7 Å². The molecule has 0 amide bonds. The summed E-state index contributed by atoms with van der Waals surface area (Å²) in [6, 6.07) is 7.68. The normalized spacial score (nSPS) is 20.3. The molecule has 1 atom stereocenters. The highest BCUT2D eigenvalue weighted by Crippen LogP contribution is 2.31. The lowest BCUT2D eigenvalue weighted by Crippen LogP contribution is -2.38. The molecule has 2 saturated heterocycles. The Bertz CT molecular complexity index is 885. The molecule has 1 unspecified atom stereocenters. The number of hydrogen-bond acceptors (Lipinski definition) is 8. The highest BCUT2D eigenvalue weighted by Gasteiger charge is 2.25. The fraction of sp³-hybridized carbons (Fsp3) is 0.545. The van der Waals surface area contributed by atoms with E-state index in [1.165, 1.54) is 0 Å². The van der Waals surface area contributed by atoms with Crippen molar-refractivity contribution in [2.24, 2.45) is 5.18 Å². The van der Waals surface area contributed by atoms with E-state index >= 15 is 0 Å². The molecule has 0 saturated carbocycles. The summed E-state index contributed by atoms with van der Waals surface area (Å²) in [6.45, 7) is 7.28. The number of aromatic nitrogens is 2. The van der Waals surface area contributed by atoms with Crippen LogP contribution in [0.3, 0.4) is 0 Å². The number of aryl methyl sites for hydroxylation is 1. The van der Waals surface area contributed by atoms with E-state index in [1.54, 1.807) is 6.07 Å². The van der Waals surface area contributed by atoms with E-state index in [-0.39, 0.29) is 11.7 Å². The number of benzene rings is 1. The van der Waals surface area contributed by atoms with Crippen LogP contribution in [0.15, 0.2) is 29.4 Å². The number of hydrogen-bond donors (Lipinski definition) is 1. The van der Waals surface area contributed by atoms with Crippen LogP contribution in [-0.2, 0) is 17.7 Å². The Kier molecular flexibility index (Phi) is 6.54. The number of aromatic hydroxyl groups is 1. The molecule has 0 spiro atoms. The van der Waals surface area contributed by atoms with Gasteiger partial charge in [0.2, 0.25) is 11.8 Å². The van der Waals surface area contributed by atoms with Crippen LogP contribution >= 0.6 is 0 Å². The molecule has 4 rings (SSSR count). The Hall–Kier alpha value is -2.58. The minimum atomic E-state index is 0.186. The van der Waals surface area contributed by atoms with E-state index in [4.69, 9.17) is 9.72 Å². The summed E-state index contributed by atoms with van der Waals surface area (Å²) in [4.78, 5) is 24.8. The smallest absolute Gasteiger partial charge is 0.227 e. The second kappa shape index (κ2) is 9.49. The zero-order valence-corrected chi connectivity index (χ0v) is 17.5. The van der Waals surface area contributed by atoms with Gasteiger partial charge in [-0.25, -0.2) is 4.98 Å². The molecule has 160 valence electrons. The Morgan fingerprint density at radius 3 is 2.77 bits per heavy atom. The lowest BCUT2D eigenvalue weighted by Gasteiger charge is -2.33. The second-order valence-corrected chi connectivity index (χ2v) is 8.03. The van der Waals surface area contributed by atoms with Gasteiger partial charge >= 0.3 is 0 Å². The average molecular weight is 412 g/mol. The Morgan fingerprint density at radius 1 is 1.20 bits per heavy atom. The highest BCUT2D eigenvalue weighted by molar-refractivity contribution is 5.41. The molecule has 1 aromatic carbocycles. The van der Waals surface area contributed by atoms with Crippen molar-refractivity contribution >= 4 is 11.8 Å². The molecule has 0 aliphatic carbocycles. The molecule has 1 aromatic heterocycles. The van der Waals surface area contributed by atoms with Gasteiger partial charge in [-0.1, -0.05) is 19.1 Å². The maximum Gasteiger partial charge on any atom is 0.227 e. The summed E-state index contributed by atoms with van der Waals surface area (Å²) >= 11 is 0. The van der Waals surface area contributed by atoms with Crippen LogP contribution in [0.25, 0.3) is 0 Å². The van der Waals surface area contributed by atoms with Crippen molar-refractivity contribution in [2.75, 3.05) is 44.3 Å². The molecule has 2 fully saturated rings. The van der Waals surface area contributed by atoms with E-state index in [2.05, 4.69) is 33.0 Å². The van der Waals surface area contributed by atoms with Crippen LogP contribution < -0.4 is 4.90 Å². The predicted molar refractivity (Wildman–Crippen MR) is 115 cm³/mol. The number of ether oxygens (including phenoxy) is 1. The number of rotatable bonds is 6. The minimum Gasteiger partial charge on any atom is -0.508 e. The Morgan fingerprint density at radius 2 is 2.03 bits per heavy atom. The molecule has 30 heavy (non-hydrogen) atoms. The molecule has 0 radical (unpaired) electrons. The number of anilines is 1. The SMILES string of the molecule is CCc1ccc(CN2CCCC(c3cc(N=O)nc(N4CCOCC4)n3)C2)c(O)c1. The fourth-order valence-electron chi connectivity index (χ4n) is 4.24. The summed E-state index contributed by atoms with van der Waals surface area (Å²) in [5.74, 6) is 1.32. The number of piperidine rings is 1. The van der Waals surface area contributed by atoms with Crippen LogP contribution in [0, 0.1) is 4.91 Å². The second-order valence-electron chi connectivity index (χ2n) is 8.03. The summed E-state index contributed by atoms with van der Waals surface area (Å²) in [7, 11) is 0. The van der Waals surface area contributed by atoms with Crippen molar-refractivity contribution in [3.05, 3.63) is 46.0 Å². The van der Waals surface area contributed by atoms with Crippen LogP contribution in [0.4, 0.5) is 11.8 Å². The van der Waals surface area contributed by atoms with Gasteiger partial charge in [0.05, 0.1) is 18.9 Å². The summed E-state index contributed by atoms with van der Waals surface area (Å²) < 4.78 is 5.41. The lowest BCUT2D eigenvalue weighted by molar-refractivity contribution is 0.122. The summed E-state index contributed by atoms with van der Waals surface area (Å²) in [6.07, 6.45) is 2.96. The number of morpholine rings is 1. The van der Waals surface area contributed by atoms with Gasteiger partial charge in [-0.15, -0.1) is 4.91 Å². The number of phenols is 1. The third kappa shape index (κ3) is 4.76. The van der Waals surface area contributed by atoms with Gasteiger partial charge in [0.15, 0.2) is 0 Å². The molecule has 0 bridgehead atoms. The van der Waals surface area contributed by atoms with Crippen molar-refractivity contribution in [3.63, 3.8) is 0 Å². The van der Waals surface area contributed by atoms with Crippen molar-refractivity contribution in [2.45, 2.75) is 38.6 Å². The molecule has 8 heteroatoms. The van der Waals surface area contributed by atoms with Crippen molar-refractivity contribution in [1.82, 2.24) is 14.9 Å². The molecular formula is C22H29N5O3. The van der Waals surface area contributed by atoms with E-state index in [9.17, 15) is 10.0 Å². The first kappa shape index (κ1) is 20.7. The third-order valence-corrected chi connectivity index (χ3v) is 5.98. The maximum absolute atomic E-state index is 11.3. The minimum absolute atomic E-state index is 0.186. The van der Waals surface area contributed by atoms with Crippen LogP contribution in [0.2, 0.25) is 0 Å². The van der Waals surface area contributed by atoms with Crippen molar-refractivity contribution < 1.29 is 9.84 Å². The molecule has 3 heterocycles. The summed E-state index contributed by atoms with van der Waals surface area (Å²) in [5, 5.41) is 13.5. The molecule has 2 aliphatic rings. The van der Waals surface area contributed by atoms with Crippen molar-refractivity contribution in [1.29, 1.82) is 0 Å². The van der Waals surface area contributed by atoms with Gasteiger partial charge in [-0.05, 0) is 42.6 Å². The average Bonchev–Trinajstić information content (AvgIpc) is 2.81. The maximum atomic E-state index is 11.3. The van der Waals surface area contributed by atoms with Gasteiger partial charge < -0.3 is 14.7 Å². The zero-order valence-electron chi connectivity index (χ0n) is 17.5. The Labute approximate surface area is 176 Å². The monoisotopic (exact) mass is 411 g/mol. The topological polar surface area (TPSA) is 91.2 Å². The number of phenolic OH excluding ortho intramolecular Hbond substituents is 1. The third-order valence-electron chi connectivity index (χ3n) is 5.98. The number of nitrogens with zero attached hydrogens (tertiary/aromatic N) is 5. The molecule has 2 aromatic rings. The standard InChI is InChI=1S/C22H29N5O3/c1-2-16-5-6-18(20(28)12-16)15-26-7-3-4-17(14-26)19-13-21(25-29)24-22(23-19)27-8-10-30-11-9-27/h5-6,12-13,17,28H,2-4,7-11,14-15H2,1H3. The van der Waals surface area contributed by atoms with E-state index in [0.29, 0.717) is 44.5 Å². The summed E-state index contributed by atoms with van der Waals surface area (Å²) in [5.41, 5.74) is 2.95. The fourth-order valence-corrected chi connectivity index (χ4v) is 4.24. The number of likely N-dealkylation sites (tertiary alicyclic amines) is 1. The van der Waals surface area contributed by atoms with Gasteiger partial charge in [-0.3, -0.25) is 4.90 Å². The molecule has 1 N–H and O–H groups in total. The molecular weight excluding hydrogens is 382 g/mol. The Balaban J connectivity index is 1.50. The van der Waals surface area contributed by atoms with Crippen LogP contribution in [0.1, 0.15) is 42.5 Å². The lowest BCUT2D eigenvalue weighted by atomic mass is 9.94. The van der Waals surface area contributed by atoms with Crippen LogP contribution in [0.5, 0.6) is 5.75 Å². The zero-order chi connectivity index (χ0) is 20.9. The first-order valence-corrected chi connectivity index (χ1v) is 10.7. The molecule has 8 nitrogen and oxygen atoms in total. The van der Waals surface area contributed by atoms with Crippen molar-refractivity contribution in [3.8, 4) is 5.75 Å². The number of nitroso groups, excluding NO2 is 1. The first-order chi connectivity index (χ1) is 14.7.